The first-order chi connectivity index (χ1) is 9.09. The van der Waals surface area contributed by atoms with E-state index in [1.807, 2.05) is 38.1 Å². The number of aryl methyl sites for hydroxylation is 2. The van der Waals surface area contributed by atoms with Crippen molar-refractivity contribution >= 4 is 11.6 Å². The molecule has 19 heavy (non-hydrogen) atoms. The molecule has 1 aromatic carbocycles. The van der Waals surface area contributed by atoms with Gasteiger partial charge in [0.25, 0.3) is 0 Å². The van der Waals surface area contributed by atoms with Gasteiger partial charge in [-0.15, -0.1) is 0 Å². The predicted molar refractivity (Wildman–Crippen MR) is 70.5 cm³/mol. The number of rotatable bonds is 2. The lowest BCUT2D eigenvalue weighted by Crippen LogP contribution is -2.31. The molecule has 0 bridgehead atoms. The minimum absolute atomic E-state index is 0.0822. The molecule has 2 heterocycles. The van der Waals surface area contributed by atoms with Crippen molar-refractivity contribution in [2.45, 2.75) is 26.4 Å². The molecular formula is C14H15N3O2. The van der Waals surface area contributed by atoms with Crippen molar-refractivity contribution in [3.05, 3.63) is 46.8 Å². The molecule has 1 atom stereocenters. The molecule has 5 heteroatoms. The number of amides is 1. The molecule has 1 unspecified atom stereocenters. The van der Waals surface area contributed by atoms with Crippen molar-refractivity contribution in [2.75, 3.05) is 4.90 Å². The highest BCUT2D eigenvalue weighted by molar-refractivity contribution is 6.04. The smallest absolute Gasteiger partial charge is 0.248 e. The van der Waals surface area contributed by atoms with Gasteiger partial charge in [0.05, 0.1) is 12.2 Å². The van der Waals surface area contributed by atoms with E-state index in [0.29, 0.717) is 6.54 Å². The number of nitrogens with zero attached hydrogens (tertiary/aromatic N) is 2. The molecule has 1 aliphatic rings. The Morgan fingerprint density at radius 3 is 2.79 bits per heavy atom. The van der Waals surface area contributed by atoms with Crippen LogP contribution in [0.5, 0.6) is 0 Å². The van der Waals surface area contributed by atoms with Gasteiger partial charge in [-0.1, -0.05) is 23.4 Å². The first-order valence-electron chi connectivity index (χ1n) is 6.17. The SMILES string of the molecule is Cc1noc(C)c1CN1C(=O)C(N)c2ccccc21. The Morgan fingerprint density at radius 2 is 2.11 bits per heavy atom. The van der Waals surface area contributed by atoms with Crippen molar-refractivity contribution in [3.63, 3.8) is 0 Å². The normalized spacial score (nSPS) is 17.9. The standard InChI is InChI=1S/C14H15N3O2/c1-8-11(9(2)19-16-8)7-17-12-6-4-3-5-10(12)13(15)14(17)18/h3-6,13H,7,15H2,1-2H3. The summed E-state index contributed by atoms with van der Waals surface area (Å²) in [7, 11) is 0. The van der Waals surface area contributed by atoms with Crippen LogP contribution in [0.15, 0.2) is 28.8 Å². The zero-order valence-corrected chi connectivity index (χ0v) is 10.9. The highest BCUT2D eigenvalue weighted by Gasteiger charge is 2.35. The van der Waals surface area contributed by atoms with Crippen LogP contribution < -0.4 is 10.6 Å². The van der Waals surface area contributed by atoms with Gasteiger partial charge in [-0.2, -0.15) is 0 Å². The maximum atomic E-state index is 12.3. The zero-order chi connectivity index (χ0) is 13.6. The van der Waals surface area contributed by atoms with Crippen LogP contribution in [0.1, 0.15) is 28.6 Å². The fraction of sp³-hybridized carbons (Fsp3) is 0.286. The molecular weight excluding hydrogens is 242 g/mol. The Labute approximate surface area is 111 Å². The van der Waals surface area contributed by atoms with Crippen molar-refractivity contribution in [3.8, 4) is 0 Å². The summed E-state index contributed by atoms with van der Waals surface area (Å²) in [6.45, 7) is 4.17. The third kappa shape index (κ3) is 1.74. The Balaban J connectivity index is 2.00. The van der Waals surface area contributed by atoms with Crippen LogP contribution in [0.3, 0.4) is 0 Å². The van der Waals surface area contributed by atoms with E-state index < -0.39 is 6.04 Å². The van der Waals surface area contributed by atoms with Crippen LogP contribution in [0.25, 0.3) is 0 Å². The number of para-hydroxylation sites is 1. The third-order valence-electron chi connectivity index (χ3n) is 3.59. The van der Waals surface area contributed by atoms with Gasteiger partial charge in [0, 0.05) is 16.8 Å². The second-order valence-electron chi connectivity index (χ2n) is 4.76. The molecule has 0 saturated carbocycles. The summed E-state index contributed by atoms with van der Waals surface area (Å²) in [5.41, 5.74) is 9.45. The van der Waals surface area contributed by atoms with Gasteiger partial charge in [-0.3, -0.25) is 4.79 Å². The van der Waals surface area contributed by atoms with Crippen LogP contribution in [-0.4, -0.2) is 11.1 Å². The molecule has 1 aliphatic heterocycles. The summed E-state index contributed by atoms with van der Waals surface area (Å²) in [5.74, 6) is 0.657. The molecule has 2 N–H and O–H groups in total. The fourth-order valence-electron chi connectivity index (χ4n) is 2.46. The van der Waals surface area contributed by atoms with Gasteiger partial charge in [0.15, 0.2) is 0 Å². The number of hydrogen-bond donors (Lipinski definition) is 1. The molecule has 0 saturated heterocycles. The van der Waals surface area contributed by atoms with Gasteiger partial charge in [0.1, 0.15) is 11.8 Å². The largest absolute Gasteiger partial charge is 0.361 e. The summed E-state index contributed by atoms with van der Waals surface area (Å²) in [5, 5.41) is 3.91. The van der Waals surface area contributed by atoms with Gasteiger partial charge in [-0.05, 0) is 19.9 Å². The first-order valence-corrected chi connectivity index (χ1v) is 6.17. The van der Waals surface area contributed by atoms with Gasteiger partial charge < -0.3 is 15.2 Å². The molecule has 1 amide bonds. The van der Waals surface area contributed by atoms with Crippen molar-refractivity contribution < 1.29 is 9.32 Å². The van der Waals surface area contributed by atoms with Crippen molar-refractivity contribution in [2.24, 2.45) is 5.73 Å². The molecule has 98 valence electrons. The maximum Gasteiger partial charge on any atom is 0.248 e. The molecule has 0 aliphatic carbocycles. The average molecular weight is 257 g/mol. The lowest BCUT2D eigenvalue weighted by molar-refractivity contribution is -0.119. The van der Waals surface area contributed by atoms with E-state index in [2.05, 4.69) is 5.16 Å². The van der Waals surface area contributed by atoms with Crippen LogP contribution in [0.2, 0.25) is 0 Å². The second kappa shape index (κ2) is 4.20. The minimum Gasteiger partial charge on any atom is -0.361 e. The maximum absolute atomic E-state index is 12.3. The molecule has 0 fully saturated rings. The molecule has 0 radical (unpaired) electrons. The molecule has 2 aromatic rings. The quantitative estimate of drug-likeness (QED) is 0.891. The summed E-state index contributed by atoms with van der Waals surface area (Å²) >= 11 is 0. The fourth-order valence-corrected chi connectivity index (χ4v) is 2.46. The Kier molecular flexibility index (Phi) is 2.64. The third-order valence-corrected chi connectivity index (χ3v) is 3.59. The Hall–Kier alpha value is -2.14. The van der Waals surface area contributed by atoms with E-state index in [0.717, 1.165) is 28.3 Å². The second-order valence-corrected chi connectivity index (χ2v) is 4.76. The van der Waals surface area contributed by atoms with Gasteiger partial charge in [-0.25, -0.2) is 0 Å². The topological polar surface area (TPSA) is 72.4 Å². The highest BCUT2D eigenvalue weighted by atomic mass is 16.5. The number of aromatic nitrogens is 1. The number of carbonyl (C=O) groups is 1. The van der Waals surface area contributed by atoms with Crippen LogP contribution in [0, 0.1) is 13.8 Å². The number of nitrogens with two attached hydrogens (primary N) is 1. The summed E-state index contributed by atoms with van der Waals surface area (Å²) in [4.78, 5) is 14.0. The van der Waals surface area contributed by atoms with Gasteiger partial charge in [0.2, 0.25) is 5.91 Å². The lowest BCUT2D eigenvalue weighted by atomic mass is 10.1. The number of hydrogen-bond acceptors (Lipinski definition) is 4. The van der Waals surface area contributed by atoms with E-state index >= 15 is 0 Å². The molecule has 5 nitrogen and oxygen atoms in total. The summed E-state index contributed by atoms with van der Waals surface area (Å²) in [6, 6.07) is 7.04. The van der Waals surface area contributed by atoms with Crippen LogP contribution in [-0.2, 0) is 11.3 Å². The van der Waals surface area contributed by atoms with E-state index in [1.165, 1.54) is 0 Å². The summed E-state index contributed by atoms with van der Waals surface area (Å²) in [6.07, 6.45) is 0. The molecule has 3 rings (SSSR count). The predicted octanol–water partition coefficient (Wildman–Crippen LogP) is 1.84. The first kappa shape index (κ1) is 11.9. The minimum atomic E-state index is -0.573. The zero-order valence-electron chi connectivity index (χ0n) is 10.9. The summed E-state index contributed by atoms with van der Waals surface area (Å²) < 4.78 is 5.14. The van der Waals surface area contributed by atoms with Gasteiger partial charge >= 0.3 is 0 Å². The molecule has 1 aromatic heterocycles. The number of benzene rings is 1. The van der Waals surface area contributed by atoms with Crippen LogP contribution >= 0.6 is 0 Å². The molecule has 0 spiro atoms. The monoisotopic (exact) mass is 257 g/mol. The van der Waals surface area contributed by atoms with Crippen molar-refractivity contribution in [1.82, 2.24) is 5.16 Å². The van der Waals surface area contributed by atoms with E-state index in [4.69, 9.17) is 10.3 Å². The van der Waals surface area contributed by atoms with E-state index in [9.17, 15) is 4.79 Å². The number of carbonyl (C=O) groups excluding carboxylic acids is 1. The average Bonchev–Trinajstić information content (AvgIpc) is 2.85. The Morgan fingerprint density at radius 1 is 1.37 bits per heavy atom. The number of anilines is 1. The van der Waals surface area contributed by atoms with Crippen molar-refractivity contribution in [1.29, 1.82) is 0 Å². The lowest BCUT2D eigenvalue weighted by Gasteiger charge is -2.17. The van der Waals surface area contributed by atoms with E-state index in [1.54, 1.807) is 4.90 Å². The number of fused-ring (bicyclic) bond motifs is 1. The highest BCUT2D eigenvalue weighted by Crippen LogP contribution is 2.35. The van der Waals surface area contributed by atoms with E-state index in [-0.39, 0.29) is 5.91 Å². The Bertz CT molecular complexity index is 628. The van der Waals surface area contributed by atoms with Crippen LogP contribution in [0.4, 0.5) is 5.69 Å².